The van der Waals surface area contributed by atoms with Gasteiger partial charge in [0.2, 0.25) is 0 Å². The zero-order valence-corrected chi connectivity index (χ0v) is 7.11. The van der Waals surface area contributed by atoms with Gasteiger partial charge in [-0.3, -0.25) is 0 Å². The first-order valence-corrected chi connectivity index (χ1v) is 4.00. The van der Waals surface area contributed by atoms with Crippen LogP contribution in [0.25, 0.3) is 0 Å². The molecule has 0 heterocycles. The van der Waals surface area contributed by atoms with E-state index < -0.39 is 0 Å². The summed E-state index contributed by atoms with van der Waals surface area (Å²) in [6.07, 6.45) is 12.0. The summed E-state index contributed by atoms with van der Waals surface area (Å²) in [7, 11) is 0. The van der Waals surface area contributed by atoms with E-state index in [4.69, 9.17) is 0 Å². The molecule has 0 aliphatic heterocycles. The second-order valence-electron chi connectivity index (χ2n) is 2.83. The molecule has 0 aromatic heterocycles. The van der Waals surface area contributed by atoms with Gasteiger partial charge in [-0.2, -0.15) is 0 Å². The summed E-state index contributed by atoms with van der Waals surface area (Å²) in [6.45, 7) is 0. The Morgan fingerprint density at radius 1 is 0.333 bits per heavy atom. The molecule has 9 heavy (non-hydrogen) atoms. The van der Waals surface area contributed by atoms with E-state index in [0.717, 1.165) is 0 Å². The molecule has 0 bridgehead atoms. The molecule has 56 valence electrons. The maximum Gasteiger partial charge on any atom is 0 e. The first-order chi connectivity index (χ1) is 4.00. The molecule has 1 saturated carbocycles. The molecule has 0 atom stereocenters. The number of rotatable bonds is 0. The molecule has 0 unspecified atom stereocenters. The molecular weight excluding hydrogens is 152 g/mol. The molecule has 0 N–H and O–H groups in total. The monoisotopic (exact) mass is 168 g/mol. The summed E-state index contributed by atoms with van der Waals surface area (Å²) in [5, 5.41) is 0. The summed E-state index contributed by atoms with van der Waals surface area (Å²) < 4.78 is 0. The molecule has 0 radical (unpaired) electrons. The largest absolute Gasteiger partial charge is 0.0533 e. The van der Waals surface area contributed by atoms with Crippen molar-refractivity contribution in [1.29, 1.82) is 0 Å². The first kappa shape index (κ1) is 9.52. The van der Waals surface area contributed by atoms with Gasteiger partial charge >= 0.3 is 0 Å². The zero-order valence-electron chi connectivity index (χ0n) is 6.01. The molecule has 1 aliphatic rings. The van der Waals surface area contributed by atoms with E-state index in [0.29, 0.717) is 0 Å². The van der Waals surface area contributed by atoms with Gasteiger partial charge in [0.1, 0.15) is 0 Å². The Kier molecular flexibility index (Phi) is 7.02. The minimum absolute atomic E-state index is 0. The van der Waals surface area contributed by atoms with Gasteiger partial charge in [0.05, 0.1) is 0 Å². The average Bonchev–Trinajstić information content (AvgIpc) is 1.62. The Hall–Kier alpha value is 0.519. The van der Waals surface area contributed by atoms with Gasteiger partial charge in [-0.15, -0.1) is 0 Å². The van der Waals surface area contributed by atoms with E-state index in [9.17, 15) is 0 Å². The van der Waals surface area contributed by atoms with Crippen LogP contribution in [0.5, 0.6) is 0 Å². The molecule has 0 aromatic rings. The van der Waals surface area contributed by atoms with E-state index >= 15 is 0 Å². The van der Waals surface area contributed by atoms with Crippen LogP contribution in [0.4, 0.5) is 0 Å². The van der Waals surface area contributed by atoms with Crippen LogP contribution in [-0.4, -0.2) is 0 Å². The minimum atomic E-state index is 0. The van der Waals surface area contributed by atoms with Gasteiger partial charge in [-0.1, -0.05) is 51.4 Å². The van der Waals surface area contributed by atoms with Gasteiger partial charge in [-0.25, -0.2) is 0 Å². The van der Waals surface area contributed by atoms with Gasteiger partial charge < -0.3 is 0 Å². The molecule has 0 amide bonds. The van der Waals surface area contributed by atoms with Crippen LogP contribution in [0.15, 0.2) is 0 Å². The van der Waals surface area contributed by atoms with Gasteiger partial charge in [0.25, 0.3) is 0 Å². The average molecular weight is 168 g/mol. The van der Waals surface area contributed by atoms with Gasteiger partial charge in [0.15, 0.2) is 0 Å². The van der Waals surface area contributed by atoms with E-state index in [1.807, 2.05) is 0 Å². The quantitative estimate of drug-likeness (QED) is 0.487. The van der Waals surface area contributed by atoms with Crippen molar-refractivity contribution in [3.8, 4) is 0 Å². The van der Waals surface area contributed by atoms with Crippen molar-refractivity contribution in [1.82, 2.24) is 0 Å². The van der Waals surface area contributed by atoms with Crippen molar-refractivity contribution in [2.75, 3.05) is 0 Å². The fraction of sp³-hybridized carbons (Fsp3) is 1.00. The van der Waals surface area contributed by atoms with Crippen LogP contribution in [0, 0.1) is 0 Å². The van der Waals surface area contributed by atoms with Crippen LogP contribution in [0.1, 0.15) is 51.4 Å². The Labute approximate surface area is 68.9 Å². The van der Waals surface area contributed by atoms with Crippen LogP contribution in [0.2, 0.25) is 0 Å². The van der Waals surface area contributed by atoms with Crippen molar-refractivity contribution in [3.05, 3.63) is 0 Å². The molecule has 0 spiro atoms. The van der Waals surface area contributed by atoms with Crippen LogP contribution >= 0.6 is 0 Å². The third-order valence-corrected chi connectivity index (χ3v) is 2.00. The SMILES string of the molecule is C1CCCCCCC1.[Fe]. The van der Waals surface area contributed by atoms with E-state index in [-0.39, 0.29) is 17.1 Å². The third-order valence-electron chi connectivity index (χ3n) is 2.00. The molecule has 1 fully saturated rings. The Morgan fingerprint density at radius 3 is 0.556 bits per heavy atom. The molecule has 0 aromatic carbocycles. The minimum Gasteiger partial charge on any atom is -0.0533 e. The summed E-state index contributed by atoms with van der Waals surface area (Å²) >= 11 is 0. The van der Waals surface area contributed by atoms with Crippen LogP contribution in [0.3, 0.4) is 0 Å². The second kappa shape index (κ2) is 6.64. The molecular formula is C8H16Fe. The molecule has 0 nitrogen and oxygen atoms in total. The molecule has 1 aliphatic carbocycles. The normalized spacial score (nSPS) is 21.3. The van der Waals surface area contributed by atoms with E-state index in [1.165, 1.54) is 51.4 Å². The smallest absolute Gasteiger partial charge is 0 e. The first-order valence-electron chi connectivity index (χ1n) is 4.00. The van der Waals surface area contributed by atoms with Crippen LogP contribution in [-0.2, 0) is 17.1 Å². The van der Waals surface area contributed by atoms with Crippen molar-refractivity contribution in [2.24, 2.45) is 0 Å². The maximum absolute atomic E-state index is 1.50. The molecule has 1 heteroatoms. The summed E-state index contributed by atoms with van der Waals surface area (Å²) in [4.78, 5) is 0. The van der Waals surface area contributed by atoms with Crippen molar-refractivity contribution in [3.63, 3.8) is 0 Å². The van der Waals surface area contributed by atoms with Crippen molar-refractivity contribution in [2.45, 2.75) is 51.4 Å². The zero-order chi connectivity index (χ0) is 5.66. The van der Waals surface area contributed by atoms with Gasteiger partial charge in [-0.05, 0) is 0 Å². The number of hydrogen-bond acceptors (Lipinski definition) is 0. The van der Waals surface area contributed by atoms with E-state index in [1.54, 1.807) is 0 Å². The van der Waals surface area contributed by atoms with E-state index in [2.05, 4.69) is 0 Å². The third kappa shape index (κ3) is 4.99. The summed E-state index contributed by atoms with van der Waals surface area (Å²) in [5.41, 5.74) is 0. The topological polar surface area (TPSA) is 0 Å². The maximum atomic E-state index is 1.50. The Balaban J connectivity index is 0.000000640. The predicted octanol–water partition coefficient (Wildman–Crippen LogP) is 3.12. The van der Waals surface area contributed by atoms with Crippen molar-refractivity contribution < 1.29 is 17.1 Å². The molecule has 0 saturated heterocycles. The fourth-order valence-electron chi connectivity index (χ4n) is 1.41. The van der Waals surface area contributed by atoms with Gasteiger partial charge in [0, 0.05) is 17.1 Å². The summed E-state index contributed by atoms with van der Waals surface area (Å²) in [6, 6.07) is 0. The Bertz CT molecular complexity index is 28.5. The number of hydrogen-bond donors (Lipinski definition) is 0. The van der Waals surface area contributed by atoms with Crippen molar-refractivity contribution >= 4 is 0 Å². The predicted molar refractivity (Wildman–Crippen MR) is 36.9 cm³/mol. The Morgan fingerprint density at radius 2 is 0.444 bits per heavy atom. The fourth-order valence-corrected chi connectivity index (χ4v) is 1.41. The summed E-state index contributed by atoms with van der Waals surface area (Å²) in [5.74, 6) is 0. The molecule has 1 rings (SSSR count). The standard InChI is InChI=1S/C8H16.Fe/c1-2-4-6-8-7-5-3-1;/h1-8H2;. The second-order valence-corrected chi connectivity index (χ2v) is 2.83. The van der Waals surface area contributed by atoms with Crippen LogP contribution < -0.4 is 0 Å².